The number of aliphatic hydroxyl groups excluding tert-OH is 1. The van der Waals surface area contributed by atoms with Gasteiger partial charge in [0.15, 0.2) is 6.29 Å². The zero-order chi connectivity index (χ0) is 19.7. The number of carboxylic acid groups (broad SMARTS) is 3. The molecule has 0 atom stereocenters. The van der Waals surface area contributed by atoms with Crippen LogP contribution < -0.4 is 0 Å². The van der Waals surface area contributed by atoms with E-state index in [0.717, 1.165) is 0 Å². The van der Waals surface area contributed by atoms with Crippen LogP contribution in [0, 0.1) is 0 Å². The molecule has 0 aliphatic carbocycles. The Balaban J connectivity index is -0.000000105. The molecule has 0 bridgehead atoms. The van der Waals surface area contributed by atoms with Crippen LogP contribution in [0.4, 0.5) is 0 Å². The van der Waals surface area contributed by atoms with Gasteiger partial charge in [-0.3, -0.25) is 0 Å². The highest BCUT2D eigenvalue weighted by molar-refractivity contribution is 5.85. The molecular formula is C15H26O8. The van der Waals surface area contributed by atoms with Gasteiger partial charge in [0.2, 0.25) is 0 Å². The first kappa shape index (κ1) is 28.7. The van der Waals surface area contributed by atoms with E-state index in [1.165, 1.54) is 20.8 Å². The summed E-state index contributed by atoms with van der Waals surface area (Å²) >= 11 is 0. The van der Waals surface area contributed by atoms with Crippen molar-refractivity contribution in [3.05, 3.63) is 36.5 Å². The van der Waals surface area contributed by atoms with E-state index in [1.807, 2.05) is 0 Å². The van der Waals surface area contributed by atoms with Gasteiger partial charge in [-0.1, -0.05) is 26.7 Å². The van der Waals surface area contributed by atoms with Crippen molar-refractivity contribution >= 4 is 17.9 Å². The number of rotatable bonds is 4. The number of hydrogen-bond acceptors (Lipinski definition) is 5. The Morgan fingerprint density at radius 2 is 0.826 bits per heavy atom. The molecule has 0 fully saturated rings. The Kier molecular flexibility index (Phi) is 21.9. The minimum absolute atomic E-state index is 0.176. The molecule has 0 rings (SSSR count). The molecule has 0 aliphatic rings. The third-order valence-corrected chi connectivity index (χ3v) is 1.46. The summed E-state index contributed by atoms with van der Waals surface area (Å²) in [6.45, 7) is 15.5. The summed E-state index contributed by atoms with van der Waals surface area (Å²) in [5.74, 6) is -2.81. The SMILES string of the molecule is C=C(C)C(=O)O.C=C(C)C(=O)O.C=C(C)C(=O)O.CCC(O)O. The molecular weight excluding hydrogens is 308 g/mol. The molecule has 0 saturated heterocycles. The summed E-state index contributed by atoms with van der Waals surface area (Å²) in [6, 6.07) is 0. The topological polar surface area (TPSA) is 152 Å². The predicted octanol–water partition coefficient (Wildman–Crippen LogP) is 1.65. The van der Waals surface area contributed by atoms with Gasteiger partial charge in [-0.2, -0.15) is 0 Å². The lowest BCUT2D eigenvalue weighted by molar-refractivity contribution is -0.133. The molecule has 0 amide bonds. The Morgan fingerprint density at radius 1 is 0.739 bits per heavy atom. The summed E-state index contributed by atoms with van der Waals surface area (Å²) in [6.07, 6.45) is -0.699. The molecule has 0 spiro atoms. The van der Waals surface area contributed by atoms with E-state index in [4.69, 9.17) is 25.5 Å². The second kappa shape index (κ2) is 17.6. The highest BCUT2D eigenvalue weighted by atomic mass is 16.5. The van der Waals surface area contributed by atoms with E-state index < -0.39 is 24.2 Å². The molecule has 0 unspecified atom stereocenters. The van der Waals surface area contributed by atoms with E-state index in [9.17, 15) is 14.4 Å². The first-order chi connectivity index (χ1) is 10.2. The lowest BCUT2D eigenvalue weighted by atomic mass is 10.4. The fourth-order valence-electron chi connectivity index (χ4n) is 0. The summed E-state index contributed by atoms with van der Waals surface area (Å²) in [7, 11) is 0. The van der Waals surface area contributed by atoms with Gasteiger partial charge < -0.3 is 25.5 Å². The van der Waals surface area contributed by atoms with Crippen molar-refractivity contribution in [1.82, 2.24) is 0 Å². The smallest absolute Gasteiger partial charge is 0.330 e. The molecule has 8 nitrogen and oxygen atoms in total. The van der Waals surface area contributed by atoms with Crippen LogP contribution in [0.5, 0.6) is 0 Å². The normalized spacial score (nSPS) is 7.96. The summed E-state index contributed by atoms with van der Waals surface area (Å²) in [4.78, 5) is 28.8. The number of carboxylic acids is 3. The molecule has 0 aromatic rings. The Bertz CT molecular complexity index is 328. The number of aliphatic hydroxyl groups is 2. The molecule has 134 valence electrons. The van der Waals surface area contributed by atoms with Gasteiger partial charge in [-0.15, -0.1) is 0 Å². The van der Waals surface area contributed by atoms with Gasteiger partial charge in [0.1, 0.15) is 0 Å². The Hall–Kier alpha value is -2.45. The van der Waals surface area contributed by atoms with Crippen molar-refractivity contribution in [2.24, 2.45) is 0 Å². The third-order valence-electron chi connectivity index (χ3n) is 1.46. The molecule has 0 saturated carbocycles. The summed E-state index contributed by atoms with van der Waals surface area (Å²) in [5, 5.41) is 39.5. The van der Waals surface area contributed by atoms with E-state index >= 15 is 0 Å². The molecule has 0 aromatic heterocycles. The van der Waals surface area contributed by atoms with Crippen LogP contribution >= 0.6 is 0 Å². The van der Waals surface area contributed by atoms with E-state index in [0.29, 0.717) is 6.42 Å². The molecule has 0 heterocycles. The monoisotopic (exact) mass is 334 g/mol. The van der Waals surface area contributed by atoms with Crippen LogP contribution in [-0.2, 0) is 14.4 Å². The lowest BCUT2D eigenvalue weighted by Crippen LogP contribution is -1.99. The van der Waals surface area contributed by atoms with Crippen LogP contribution in [0.15, 0.2) is 36.5 Å². The summed E-state index contributed by atoms with van der Waals surface area (Å²) in [5.41, 5.74) is 0.528. The van der Waals surface area contributed by atoms with Crippen molar-refractivity contribution in [2.45, 2.75) is 40.4 Å². The second-order valence-electron chi connectivity index (χ2n) is 4.15. The predicted molar refractivity (Wildman–Crippen MR) is 85.9 cm³/mol. The second-order valence-corrected chi connectivity index (χ2v) is 4.15. The van der Waals surface area contributed by atoms with Gasteiger partial charge in [0.05, 0.1) is 0 Å². The molecule has 23 heavy (non-hydrogen) atoms. The number of carbonyl (C=O) groups is 3. The van der Waals surface area contributed by atoms with Crippen LogP contribution in [0.1, 0.15) is 34.1 Å². The van der Waals surface area contributed by atoms with Crippen molar-refractivity contribution < 1.29 is 39.9 Å². The maximum atomic E-state index is 9.60. The molecule has 0 aliphatic heterocycles. The number of hydrogen-bond donors (Lipinski definition) is 5. The highest BCUT2D eigenvalue weighted by Crippen LogP contribution is 1.82. The van der Waals surface area contributed by atoms with Crippen molar-refractivity contribution in [3.8, 4) is 0 Å². The standard InChI is InChI=1S/3C4H6O2.C3H8O2/c3*1-3(2)4(5)6;1-2-3(4)5/h3*1H2,2H3,(H,5,6);3-5H,2H2,1H3. The van der Waals surface area contributed by atoms with E-state index in [1.54, 1.807) is 6.92 Å². The average Bonchev–Trinajstić information content (AvgIpc) is 2.40. The van der Waals surface area contributed by atoms with Crippen LogP contribution in [-0.4, -0.2) is 49.7 Å². The minimum atomic E-state index is -1.12. The first-order valence-electron chi connectivity index (χ1n) is 6.23. The Morgan fingerprint density at radius 3 is 0.826 bits per heavy atom. The zero-order valence-electron chi connectivity index (χ0n) is 13.9. The lowest BCUT2D eigenvalue weighted by Gasteiger charge is -1.90. The van der Waals surface area contributed by atoms with Gasteiger partial charge in [-0.05, 0) is 27.2 Å². The summed E-state index contributed by atoms with van der Waals surface area (Å²) < 4.78 is 0. The number of aliphatic carboxylic acids is 3. The van der Waals surface area contributed by atoms with Gasteiger partial charge in [0, 0.05) is 16.7 Å². The van der Waals surface area contributed by atoms with E-state index in [2.05, 4.69) is 19.7 Å². The average molecular weight is 334 g/mol. The first-order valence-corrected chi connectivity index (χ1v) is 6.23. The van der Waals surface area contributed by atoms with Gasteiger partial charge in [-0.25, -0.2) is 14.4 Å². The van der Waals surface area contributed by atoms with Crippen molar-refractivity contribution in [2.75, 3.05) is 0 Å². The van der Waals surface area contributed by atoms with Crippen molar-refractivity contribution in [1.29, 1.82) is 0 Å². The zero-order valence-corrected chi connectivity index (χ0v) is 13.9. The van der Waals surface area contributed by atoms with Gasteiger partial charge >= 0.3 is 17.9 Å². The minimum Gasteiger partial charge on any atom is -0.478 e. The molecule has 5 N–H and O–H groups in total. The highest BCUT2D eigenvalue weighted by Gasteiger charge is 1.91. The van der Waals surface area contributed by atoms with Gasteiger partial charge in [0.25, 0.3) is 0 Å². The molecule has 0 radical (unpaired) electrons. The fourth-order valence-corrected chi connectivity index (χ4v) is 0. The maximum Gasteiger partial charge on any atom is 0.330 e. The van der Waals surface area contributed by atoms with Crippen LogP contribution in [0.25, 0.3) is 0 Å². The van der Waals surface area contributed by atoms with E-state index in [-0.39, 0.29) is 16.7 Å². The van der Waals surface area contributed by atoms with Crippen LogP contribution in [0.2, 0.25) is 0 Å². The quantitative estimate of drug-likeness (QED) is 0.384. The molecule has 8 heteroatoms. The van der Waals surface area contributed by atoms with Crippen molar-refractivity contribution in [3.63, 3.8) is 0 Å². The van der Waals surface area contributed by atoms with Crippen LogP contribution in [0.3, 0.4) is 0 Å². The fraction of sp³-hybridized carbons (Fsp3) is 0.400. The Labute approximate surface area is 135 Å². The molecule has 0 aromatic carbocycles. The third kappa shape index (κ3) is 45.1. The maximum absolute atomic E-state index is 9.60. The largest absolute Gasteiger partial charge is 0.478 e.